The summed E-state index contributed by atoms with van der Waals surface area (Å²) in [5.74, 6) is 1.18. The van der Waals surface area contributed by atoms with Gasteiger partial charge in [-0.05, 0) is 25.3 Å². The summed E-state index contributed by atoms with van der Waals surface area (Å²) in [6.45, 7) is 3.14. The molecule has 2 N–H and O–H groups in total. The fourth-order valence-electron chi connectivity index (χ4n) is 3.91. The molecule has 112 valence electrons. The Bertz CT molecular complexity index is 637. The Labute approximate surface area is 124 Å². The lowest BCUT2D eigenvalue weighted by Crippen LogP contribution is -2.47. The standard InChI is InChI=1S/C17H22N2O2/c20-10-7-18-12-5-8-19-9-6-14-13-3-1-2-4-16(13)21-17(14)15(19)11-12/h1-4,12,15,18,20H,5-11H2. The Kier molecular flexibility index (Phi) is 3.45. The SMILES string of the molecule is OCCNC1CCN2CCc3c(oc4ccccc34)C2C1. The fourth-order valence-corrected chi connectivity index (χ4v) is 3.91. The van der Waals surface area contributed by atoms with Crippen molar-refractivity contribution in [3.8, 4) is 0 Å². The molecule has 0 aliphatic carbocycles. The van der Waals surface area contributed by atoms with Crippen molar-refractivity contribution in [3.05, 3.63) is 35.6 Å². The summed E-state index contributed by atoms with van der Waals surface area (Å²) in [7, 11) is 0. The van der Waals surface area contributed by atoms with Gasteiger partial charge < -0.3 is 14.8 Å². The highest BCUT2D eigenvalue weighted by Crippen LogP contribution is 2.41. The minimum absolute atomic E-state index is 0.209. The van der Waals surface area contributed by atoms with E-state index in [1.54, 1.807) is 0 Å². The maximum Gasteiger partial charge on any atom is 0.134 e. The number of benzene rings is 1. The van der Waals surface area contributed by atoms with Gasteiger partial charge in [0, 0.05) is 36.6 Å². The van der Waals surface area contributed by atoms with Crippen LogP contribution in [0.1, 0.15) is 30.2 Å². The largest absolute Gasteiger partial charge is 0.459 e. The van der Waals surface area contributed by atoms with Gasteiger partial charge in [0.2, 0.25) is 0 Å². The summed E-state index contributed by atoms with van der Waals surface area (Å²) in [4.78, 5) is 2.56. The number of aliphatic hydroxyl groups excluding tert-OH is 1. The summed E-state index contributed by atoms with van der Waals surface area (Å²) in [5, 5.41) is 13.7. The smallest absolute Gasteiger partial charge is 0.134 e. The highest BCUT2D eigenvalue weighted by molar-refractivity contribution is 5.82. The molecule has 2 aliphatic rings. The molecule has 4 nitrogen and oxygen atoms in total. The van der Waals surface area contributed by atoms with Crippen molar-refractivity contribution >= 4 is 11.0 Å². The number of nitrogens with zero attached hydrogens (tertiary/aromatic N) is 1. The Morgan fingerprint density at radius 1 is 1.29 bits per heavy atom. The lowest BCUT2D eigenvalue weighted by atomic mass is 9.89. The van der Waals surface area contributed by atoms with E-state index in [-0.39, 0.29) is 6.61 Å². The first-order valence-electron chi connectivity index (χ1n) is 7.95. The molecular formula is C17H22N2O2. The first-order chi connectivity index (χ1) is 10.4. The monoisotopic (exact) mass is 286 g/mol. The number of nitrogens with one attached hydrogen (secondary N) is 1. The number of furan rings is 1. The number of hydrogen-bond donors (Lipinski definition) is 2. The third-order valence-electron chi connectivity index (χ3n) is 4.94. The van der Waals surface area contributed by atoms with Crippen LogP contribution in [0.4, 0.5) is 0 Å². The zero-order chi connectivity index (χ0) is 14.2. The predicted molar refractivity (Wildman–Crippen MR) is 82.3 cm³/mol. The first kappa shape index (κ1) is 13.3. The quantitative estimate of drug-likeness (QED) is 0.907. The van der Waals surface area contributed by atoms with Crippen LogP contribution in [0.2, 0.25) is 0 Å². The zero-order valence-corrected chi connectivity index (χ0v) is 12.2. The molecule has 1 saturated heterocycles. The molecule has 0 saturated carbocycles. The summed E-state index contributed by atoms with van der Waals surface area (Å²) in [6, 6.07) is 9.27. The van der Waals surface area contributed by atoms with Gasteiger partial charge in [-0.25, -0.2) is 0 Å². The molecule has 1 aromatic heterocycles. The number of aliphatic hydroxyl groups is 1. The van der Waals surface area contributed by atoms with Gasteiger partial charge in [-0.1, -0.05) is 18.2 Å². The third-order valence-corrected chi connectivity index (χ3v) is 4.94. The number of para-hydroxylation sites is 1. The van der Waals surface area contributed by atoms with Crippen LogP contribution in [-0.4, -0.2) is 42.3 Å². The molecule has 21 heavy (non-hydrogen) atoms. The van der Waals surface area contributed by atoms with Gasteiger partial charge in [-0.3, -0.25) is 4.90 Å². The van der Waals surface area contributed by atoms with E-state index in [2.05, 4.69) is 28.4 Å². The molecular weight excluding hydrogens is 264 g/mol. The van der Waals surface area contributed by atoms with Crippen LogP contribution in [0.3, 0.4) is 0 Å². The molecule has 1 aromatic carbocycles. The van der Waals surface area contributed by atoms with Gasteiger partial charge in [0.25, 0.3) is 0 Å². The van der Waals surface area contributed by atoms with Crippen LogP contribution in [0.15, 0.2) is 28.7 Å². The van der Waals surface area contributed by atoms with E-state index in [1.165, 1.54) is 16.7 Å². The Morgan fingerprint density at radius 2 is 2.19 bits per heavy atom. The summed E-state index contributed by atoms with van der Waals surface area (Å²) < 4.78 is 6.19. The van der Waals surface area contributed by atoms with Crippen molar-refractivity contribution in [2.75, 3.05) is 26.2 Å². The van der Waals surface area contributed by atoms with Crippen molar-refractivity contribution < 1.29 is 9.52 Å². The maximum atomic E-state index is 8.99. The second-order valence-electron chi connectivity index (χ2n) is 6.14. The second kappa shape index (κ2) is 5.44. The third kappa shape index (κ3) is 2.27. The second-order valence-corrected chi connectivity index (χ2v) is 6.14. The van der Waals surface area contributed by atoms with Crippen molar-refractivity contribution in [1.29, 1.82) is 0 Å². The van der Waals surface area contributed by atoms with E-state index in [0.717, 1.165) is 37.9 Å². The van der Waals surface area contributed by atoms with Gasteiger partial charge in [0.05, 0.1) is 12.6 Å². The fraction of sp³-hybridized carbons (Fsp3) is 0.529. The topological polar surface area (TPSA) is 48.6 Å². The van der Waals surface area contributed by atoms with Crippen molar-refractivity contribution in [1.82, 2.24) is 10.2 Å². The number of fused-ring (bicyclic) bond motifs is 5. The molecule has 0 spiro atoms. The van der Waals surface area contributed by atoms with Crippen LogP contribution in [0.5, 0.6) is 0 Å². The van der Waals surface area contributed by atoms with Crippen LogP contribution in [0, 0.1) is 0 Å². The molecule has 1 fully saturated rings. The molecule has 2 aliphatic heterocycles. The summed E-state index contributed by atoms with van der Waals surface area (Å²) in [5.41, 5.74) is 2.43. The number of piperidine rings is 1. The van der Waals surface area contributed by atoms with Crippen molar-refractivity contribution in [2.45, 2.75) is 31.3 Å². The van der Waals surface area contributed by atoms with Gasteiger partial charge in [-0.2, -0.15) is 0 Å². The van der Waals surface area contributed by atoms with E-state index in [9.17, 15) is 0 Å². The zero-order valence-electron chi connectivity index (χ0n) is 12.2. The number of rotatable bonds is 3. The number of hydrogen-bond acceptors (Lipinski definition) is 4. The van der Waals surface area contributed by atoms with E-state index >= 15 is 0 Å². The van der Waals surface area contributed by atoms with Gasteiger partial charge >= 0.3 is 0 Å². The normalized spacial score (nSPS) is 25.8. The molecule has 2 unspecified atom stereocenters. The highest BCUT2D eigenvalue weighted by Gasteiger charge is 2.36. The van der Waals surface area contributed by atoms with E-state index in [4.69, 9.17) is 9.52 Å². The van der Waals surface area contributed by atoms with Crippen LogP contribution in [-0.2, 0) is 6.42 Å². The molecule has 4 rings (SSSR count). The average molecular weight is 286 g/mol. The van der Waals surface area contributed by atoms with E-state index < -0.39 is 0 Å². The van der Waals surface area contributed by atoms with Gasteiger partial charge in [0.15, 0.2) is 0 Å². The first-order valence-corrected chi connectivity index (χ1v) is 7.95. The molecule has 0 amide bonds. The molecule has 3 heterocycles. The summed E-state index contributed by atoms with van der Waals surface area (Å²) >= 11 is 0. The van der Waals surface area contributed by atoms with Crippen molar-refractivity contribution in [3.63, 3.8) is 0 Å². The summed E-state index contributed by atoms with van der Waals surface area (Å²) in [6.07, 6.45) is 3.33. The molecule has 0 bridgehead atoms. The van der Waals surface area contributed by atoms with Crippen LogP contribution >= 0.6 is 0 Å². The molecule has 0 radical (unpaired) electrons. The molecule has 4 heteroatoms. The Balaban J connectivity index is 1.65. The predicted octanol–water partition coefficient (Wildman–Crippen LogP) is 2.08. The average Bonchev–Trinajstić information content (AvgIpc) is 2.92. The highest BCUT2D eigenvalue weighted by atomic mass is 16.3. The van der Waals surface area contributed by atoms with E-state index in [1.807, 2.05) is 6.07 Å². The van der Waals surface area contributed by atoms with Crippen molar-refractivity contribution in [2.24, 2.45) is 0 Å². The van der Waals surface area contributed by atoms with Crippen LogP contribution in [0.25, 0.3) is 11.0 Å². The minimum atomic E-state index is 0.209. The molecule has 2 aromatic rings. The maximum absolute atomic E-state index is 8.99. The Hall–Kier alpha value is -1.36. The molecule has 2 atom stereocenters. The Morgan fingerprint density at radius 3 is 3.10 bits per heavy atom. The minimum Gasteiger partial charge on any atom is -0.459 e. The van der Waals surface area contributed by atoms with E-state index in [0.29, 0.717) is 18.6 Å². The van der Waals surface area contributed by atoms with Gasteiger partial charge in [0.1, 0.15) is 11.3 Å². The lowest BCUT2D eigenvalue weighted by Gasteiger charge is -2.41. The van der Waals surface area contributed by atoms with Crippen LogP contribution < -0.4 is 5.32 Å². The lowest BCUT2D eigenvalue weighted by molar-refractivity contribution is 0.0975. The van der Waals surface area contributed by atoms with Gasteiger partial charge in [-0.15, -0.1) is 0 Å².